The molecule has 1 heterocycles. The molecule has 1 aromatic carbocycles. The van der Waals surface area contributed by atoms with Crippen LogP contribution in [0.25, 0.3) is 0 Å². The largest absolute Gasteiger partial charge is 0.394 e. The maximum atomic E-state index is 13.7. The van der Waals surface area contributed by atoms with Crippen LogP contribution in [0.15, 0.2) is 18.2 Å². The molecule has 0 saturated carbocycles. The fourth-order valence-corrected chi connectivity index (χ4v) is 1.53. The molecule has 18 heavy (non-hydrogen) atoms. The first-order valence-electron chi connectivity index (χ1n) is 5.37. The van der Waals surface area contributed by atoms with Gasteiger partial charge in [-0.2, -0.15) is 5.10 Å². The Hall–Kier alpha value is -2.37. The van der Waals surface area contributed by atoms with Gasteiger partial charge in [0.2, 0.25) is 0 Å². The third kappa shape index (κ3) is 2.04. The third-order valence-corrected chi connectivity index (χ3v) is 2.66. The minimum atomic E-state index is -0.575. The van der Waals surface area contributed by atoms with Gasteiger partial charge in [0.05, 0.1) is 16.9 Å². The number of halogens is 1. The van der Waals surface area contributed by atoms with Crippen LogP contribution in [0.5, 0.6) is 0 Å². The van der Waals surface area contributed by atoms with Gasteiger partial charge in [-0.05, 0) is 25.5 Å². The molecular formula is C12H13FN4O. The van der Waals surface area contributed by atoms with E-state index in [9.17, 15) is 9.18 Å². The van der Waals surface area contributed by atoms with Crippen molar-refractivity contribution in [2.45, 2.75) is 13.8 Å². The van der Waals surface area contributed by atoms with E-state index in [1.807, 2.05) is 0 Å². The molecule has 2 rings (SSSR count). The highest BCUT2D eigenvalue weighted by molar-refractivity contribution is 6.05. The van der Waals surface area contributed by atoms with E-state index in [1.54, 1.807) is 26.0 Å². The maximum absolute atomic E-state index is 13.7. The van der Waals surface area contributed by atoms with Crippen LogP contribution >= 0.6 is 0 Å². The molecule has 0 fully saturated rings. The van der Waals surface area contributed by atoms with Gasteiger partial charge in [-0.1, -0.05) is 12.1 Å². The highest BCUT2D eigenvalue weighted by atomic mass is 19.1. The summed E-state index contributed by atoms with van der Waals surface area (Å²) in [5, 5.41) is 8.93. The van der Waals surface area contributed by atoms with E-state index >= 15 is 0 Å². The number of aryl methyl sites for hydroxylation is 2. The molecule has 0 saturated heterocycles. The molecule has 1 aromatic heterocycles. The molecule has 5 nitrogen and oxygen atoms in total. The standard InChI is InChI=1S/C12H13FN4O/c1-6-4-3-5-8(9(6)13)12(18)15-11-10(14)7(2)16-17-11/h3-5H,14H2,1-2H3,(H2,15,16,17,18). The lowest BCUT2D eigenvalue weighted by molar-refractivity contribution is 0.102. The molecule has 0 aliphatic rings. The third-order valence-electron chi connectivity index (χ3n) is 2.66. The lowest BCUT2D eigenvalue weighted by atomic mass is 10.1. The summed E-state index contributed by atoms with van der Waals surface area (Å²) in [6.07, 6.45) is 0. The van der Waals surface area contributed by atoms with Crippen molar-refractivity contribution in [1.29, 1.82) is 0 Å². The summed E-state index contributed by atoms with van der Waals surface area (Å²) in [7, 11) is 0. The summed E-state index contributed by atoms with van der Waals surface area (Å²) in [5.74, 6) is -0.909. The Labute approximate surface area is 103 Å². The molecule has 0 aliphatic heterocycles. The number of anilines is 2. The van der Waals surface area contributed by atoms with Gasteiger partial charge in [0.1, 0.15) is 5.82 Å². The van der Waals surface area contributed by atoms with Crippen molar-refractivity contribution < 1.29 is 9.18 Å². The molecule has 0 aliphatic carbocycles. The van der Waals surface area contributed by atoms with Crippen molar-refractivity contribution in [1.82, 2.24) is 10.2 Å². The van der Waals surface area contributed by atoms with Crippen molar-refractivity contribution in [3.63, 3.8) is 0 Å². The van der Waals surface area contributed by atoms with E-state index < -0.39 is 11.7 Å². The predicted molar refractivity (Wildman–Crippen MR) is 66.8 cm³/mol. The summed E-state index contributed by atoms with van der Waals surface area (Å²) in [6.45, 7) is 3.32. The van der Waals surface area contributed by atoms with Crippen LogP contribution in [-0.2, 0) is 0 Å². The van der Waals surface area contributed by atoms with E-state index in [-0.39, 0.29) is 11.4 Å². The number of aromatic amines is 1. The van der Waals surface area contributed by atoms with E-state index in [4.69, 9.17) is 5.73 Å². The quantitative estimate of drug-likeness (QED) is 0.760. The van der Waals surface area contributed by atoms with Crippen molar-refractivity contribution in [3.05, 3.63) is 40.8 Å². The lowest BCUT2D eigenvalue weighted by Crippen LogP contribution is -2.15. The number of nitrogens with two attached hydrogens (primary N) is 1. The number of aromatic nitrogens is 2. The molecule has 1 amide bonds. The maximum Gasteiger partial charge on any atom is 0.259 e. The number of amides is 1. The first-order chi connectivity index (χ1) is 8.50. The van der Waals surface area contributed by atoms with Crippen LogP contribution < -0.4 is 11.1 Å². The summed E-state index contributed by atoms with van der Waals surface area (Å²) in [4.78, 5) is 11.9. The normalized spacial score (nSPS) is 10.4. The van der Waals surface area contributed by atoms with Crippen molar-refractivity contribution in [3.8, 4) is 0 Å². The lowest BCUT2D eigenvalue weighted by Gasteiger charge is -2.05. The summed E-state index contributed by atoms with van der Waals surface area (Å²) < 4.78 is 13.7. The van der Waals surface area contributed by atoms with Crippen LogP contribution in [0.4, 0.5) is 15.9 Å². The van der Waals surface area contributed by atoms with Crippen LogP contribution in [0.1, 0.15) is 21.6 Å². The van der Waals surface area contributed by atoms with Gasteiger partial charge in [0, 0.05) is 0 Å². The Morgan fingerprint density at radius 1 is 1.44 bits per heavy atom. The Morgan fingerprint density at radius 3 is 2.78 bits per heavy atom. The number of hydrogen-bond donors (Lipinski definition) is 3. The van der Waals surface area contributed by atoms with E-state index in [0.29, 0.717) is 16.9 Å². The smallest absolute Gasteiger partial charge is 0.259 e. The molecule has 6 heteroatoms. The first-order valence-corrected chi connectivity index (χ1v) is 5.37. The fourth-order valence-electron chi connectivity index (χ4n) is 1.53. The van der Waals surface area contributed by atoms with Crippen LogP contribution in [0.3, 0.4) is 0 Å². The molecule has 2 aromatic rings. The SMILES string of the molecule is Cc1cccc(C(=O)Nc2n[nH]c(C)c2N)c1F. The predicted octanol–water partition coefficient (Wildman–Crippen LogP) is 2.00. The highest BCUT2D eigenvalue weighted by Crippen LogP contribution is 2.20. The second-order valence-corrected chi connectivity index (χ2v) is 4.00. The molecule has 0 atom stereocenters. The number of hydrogen-bond acceptors (Lipinski definition) is 3. The number of benzene rings is 1. The molecule has 4 N–H and O–H groups in total. The first kappa shape index (κ1) is 12.1. The van der Waals surface area contributed by atoms with E-state index in [0.717, 1.165) is 0 Å². The second-order valence-electron chi connectivity index (χ2n) is 4.00. The Bertz CT molecular complexity index is 606. The van der Waals surface area contributed by atoms with E-state index in [1.165, 1.54) is 6.07 Å². The average molecular weight is 248 g/mol. The number of carbonyl (C=O) groups excluding carboxylic acids is 1. The average Bonchev–Trinajstić information content (AvgIpc) is 2.64. The Morgan fingerprint density at radius 2 is 2.17 bits per heavy atom. The zero-order chi connectivity index (χ0) is 13.3. The topological polar surface area (TPSA) is 83.8 Å². The van der Waals surface area contributed by atoms with Gasteiger partial charge >= 0.3 is 0 Å². The Kier molecular flexibility index (Phi) is 3.01. The Balaban J connectivity index is 2.28. The van der Waals surface area contributed by atoms with Gasteiger partial charge in [-0.25, -0.2) is 4.39 Å². The van der Waals surface area contributed by atoms with Crippen LogP contribution in [0.2, 0.25) is 0 Å². The molecule has 94 valence electrons. The molecule has 0 spiro atoms. The summed E-state index contributed by atoms with van der Waals surface area (Å²) >= 11 is 0. The number of nitrogen functional groups attached to an aromatic ring is 1. The minimum Gasteiger partial charge on any atom is -0.394 e. The van der Waals surface area contributed by atoms with Gasteiger partial charge in [0.25, 0.3) is 5.91 Å². The van der Waals surface area contributed by atoms with Crippen molar-refractivity contribution in [2.75, 3.05) is 11.1 Å². The zero-order valence-corrected chi connectivity index (χ0v) is 10.0. The van der Waals surface area contributed by atoms with Crippen molar-refractivity contribution in [2.24, 2.45) is 0 Å². The molecule has 0 bridgehead atoms. The van der Waals surface area contributed by atoms with Crippen molar-refractivity contribution >= 4 is 17.4 Å². The monoisotopic (exact) mass is 248 g/mol. The zero-order valence-electron chi connectivity index (χ0n) is 10.0. The summed E-state index contributed by atoms with van der Waals surface area (Å²) in [5.41, 5.74) is 7.07. The second kappa shape index (κ2) is 4.48. The number of carbonyl (C=O) groups is 1. The number of H-pyrrole nitrogens is 1. The van der Waals surface area contributed by atoms with Gasteiger partial charge in [-0.15, -0.1) is 0 Å². The molecule has 0 radical (unpaired) electrons. The van der Waals surface area contributed by atoms with Gasteiger partial charge < -0.3 is 11.1 Å². The molecular weight excluding hydrogens is 235 g/mol. The van der Waals surface area contributed by atoms with Gasteiger partial charge in [-0.3, -0.25) is 9.89 Å². The van der Waals surface area contributed by atoms with Crippen LogP contribution in [-0.4, -0.2) is 16.1 Å². The van der Waals surface area contributed by atoms with E-state index in [2.05, 4.69) is 15.5 Å². The molecule has 0 unspecified atom stereocenters. The minimum absolute atomic E-state index is 0.0324. The fraction of sp³-hybridized carbons (Fsp3) is 0.167. The number of nitrogens with zero attached hydrogens (tertiary/aromatic N) is 1. The highest BCUT2D eigenvalue weighted by Gasteiger charge is 2.16. The van der Waals surface area contributed by atoms with Gasteiger partial charge in [0.15, 0.2) is 5.82 Å². The summed E-state index contributed by atoms with van der Waals surface area (Å²) in [6, 6.07) is 4.62. The van der Waals surface area contributed by atoms with Crippen LogP contribution in [0, 0.1) is 19.7 Å². The number of nitrogens with one attached hydrogen (secondary N) is 2. The number of rotatable bonds is 2.